The maximum absolute atomic E-state index is 6.51. The molecule has 0 saturated carbocycles. The number of para-hydroxylation sites is 3. The summed E-state index contributed by atoms with van der Waals surface area (Å²) < 4.78 is 12.9. The molecule has 4 aromatic heterocycles. The van der Waals surface area contributed by atoms with Crippen LogP contribution in [0.15, 0.2) is 191 Å². The first-order valence-corrected chi connectivity index (χ1v) is 19.3. The van der Waals surface area contributed by atoms with Crippen molar-refractivity contribution >= 4 is 65.6 Å². The molecule has 6 nitrogen and oxygen atoms in total. The van der Waals surface area contributed by atoms with Crippen molar-refractivity contribution in [2.45, 2.75) is 0 Å². The normalized spacial score (nSPS) is 11.8. The van der Waals surface area contributed by atoms with Gasteiger partial charge in [-0.15, -0.1) is 0 Å². The molecule has 0 amide bonds. The van der Waals surface area contributed by atoms with Crippen LogP contribution >= 0.6 is 0 Å². The van der Waals surface area contributed by atoms with E-state index in [0.29, 0.717) is 17.5 Å². The molecule has 0 saturated heterocycles. The van der Waals surface area contributed by atoms with Gasteiger partial charge < -0.3 is 8.83 Å². The lowest BCUT2D eigenvalue weighted by molar-refractivity contribution is 0.669. The summed E-state index contributed by atoms with van der Waals surface area (Å²) >= 11 is 0. The minimum absolute atomic E-state index is 0.528. The van der Waals surface area contributed by atoms with Gasteiger partial charge in [-0.2, -0.15) is 0 Å². The SMILES string of the molecule is c1ccc(-c2cccc(-c3nc(-c4ccc5nc(-c6ccccc6)c6ccc7oc8ccccc8c7c6c5c4)nc(-c4cccc5c4oc4ccccc45)n3)c2)cc1. The van der Waals surface area contributed by atoms with Crippen LogP contribution in [-0.4, -0.2) is 19.9 Å². The van der Waals surface area contributed by atoms with Crippen molar-refractivity contribution in [3.8, 4) is 56.5 Å². The summed E-state index contributed by atoms with van der Waals surface area (Å²) in [6, 6.07) is 62.1. The lowest BCUT2D eigenvalue weighted by Gasteiger charge is -2.13. The van der Waals surface area contributed by atoms with E-state index in [1.165, 1.54) is 0 Å². The maximum atomic E-state index is 6.51. The van der Waals surface area contributed by atoms with Gasteiger partial charge in [0.05, 0.1) is 16.8 Å². The van der Waals surface area contributed by atoms with Gasteiger partial charge in [0.15, 0.2) is 17.5 Å². The van der Waals surface area contributed by atoms with Crippen LogP contribution in [0, 0.1) is 0 Å². The number of hydrogen-bond donors (Lipinski definition) is 0. The first-order valence-electron chi connectivity index (χ1n) is 19.3. The van der Waals surface area contributed by atoms with Gasteiger partial charge in [-0.05, 0) is 65.7 Å². The van der Waals surface area contributed by atoms with Gasteiger partial charge in [0.1, 0.15) is 22.3 Å². The van der Waals surface area contributed by atoms with Crippen molar-refractivity contribution in [1.29, 1.82) is 0 Å². The number of pyridine rings is 1. The van der Waals surface area contributed by atoms with Gasteiger partial charge in [0.2, 0.25) is 0 Å². The number of aromatic nitrogens is 4. The Bertz CT molecular complexity index is 3570. The Labute approximate surface area is 331 Å². The average Bonchev–Trinajstić information content (AvgIpc) is 3.88. The number of rotatable bonds is 5. The van der Waals surface area contributed by atoms with E-state index in [4.69, 9.17) is 28.8 Å². The van der Waals surface area contributed by atoms with E-state index in [-0.39, 0.29) is 0 Å². The highest BCUT2D eigenvalue weighted by Crippen LogP contribution is 2.42. The van der Waals surface area contributed by atoms with E-state index in [2.05, 4.69) is 127 Å². The Morgan fingerprint density at radius 2 is 0.931 bits per heavy atom. The Morgan fingerprint density at radius 3 is 1.74 bits per heavy atom. The minimum Gasteiger partial charge on any atom is -0.456 e. The predicted octanol–water partition coefficient (Wildman–Crippen LogP) is 13.7. The number of fused-ring (bicyclic) bond motifs is 10. The van der Waals surface area contributed by atoms with Crippen molar-refractivity contribution in [2.24, 2.45) is 0 Å². The molecular formula is C52H30N4O2. The van der Waals surface area contributed by atoms with Crippen LogP contribution in [0.4, 0.5) is 0 Å². The summed E-state index contributed by atoms with van der Waals surface area (Å²) in [5, 5.41) is 7.27. The zero-order valence-corrected chi connectivity index (χ0v) is 30.9. The Balaban J connectivity index is 1.13. The fraction of sp³-hybridized carbons (Fsp3) is 0. The maximum Gasteiger partial charge on any atom is 0.167 e. The first kappa shape index (κ1) is 32.3. The first-order chi connectivity index (χ1) is 28.7. The van der Waals surface area contributed by atoms with Crippen LogP contribution in [0.5, 0.6) is 0 Å². The molecular weight excluding hydrogens is 713 g/mol. The summed E-state index contributed by atoms with van der Waals surface area (Å²) in [4.78, 5) is 20.9. The highest BCUT2D eigenvalue weighted by Gasteiger charge is 2.21. The molecule has 0 unspecified atom stereocenters. The molecule has 0 spiro atoms. The quantitative estimate of drug-likeness (QED) is 0.163. The summed E-state index contributed by atoms with van der Waals surface area (Å²) in [7, 11) is 0. The molecule has 6 heteroatoms. The molecule has 0 fully saturated rings. The fourth-order valence-corrected chi connectivity index (χ4v) is 8.41. The summed E-state index contributed by atoms with van der Waals surface area (Å²) in [6.45, 7) is 0. The van der Waals surface area contributed by atoms with E-state index in [1.807, 2.05) is 54.6 Å². The molecule has 0 atom stereocenters. The molecule has 4 heterocycles. The summed E-state index contributed by atoms with van der Waals surface area (Å²) in [5.41, 5.74) is 10.8. The Morgan fingerprint density at radius 1 is 0.310 bits per heavy atom. The smallest absolute Gasteiger partial charge is 0.167 e. The van der Waals surface area contributed by atoms with Gasteiger partial charge in [0.25, 0.3) is 0 Å². The van der Waals surface area contributed by atoms with Gasteiger partial charge >= 0.3 is 0 Å². The van der Waals surface area contributed by atoms with E-state index in [0.717, 1.165) is 105 Å². The molecule has 58 heavy (non-hydrogen) atoms. The number of furan rings is 2. The van der Waals surface area contributed by atoms with Gasteiger partial charge in [-0.25, -0.2) is 19.9 Å². The van der Waals surface area contributed by atoms with E-state index >= 15 is 0 Å². The van der Waals surface area contributed by atoms with Crippen LogP contribution in [0.1, 0.15) is 0 Å². The molecule has 8 aromatic carbocycles. The fourth-order valence-electron chi connectivity index (χ4n) is 8.41. The lowest BCUT2D eigenvalue weighted by Crippen LogP contribution is -2.01. The van der Waals surface area contributed by atoms with Crippen molar-refractivity contribution < 1.29 is 8.83 Å². The Hall–Kier alpha value is -7.96. The summed E-state index contributed by atoms with van der Waals surface area (Å²) in [5.74, 6) is 1.64. The van der Waals surface area contributed by atoms with Crippen LogP contribution in [0.25, 0.3) is 122 Å². The largest absolute Gasteiger partial charge is 0.456 e. The summed E-state index contributed by atoms with van der Waals surface area (Å²) in [6.07, 6.45) is 0. The average molecular weight is 743 g/mol. The zero-order chi connectivity index (χ0) is 38.2. The van der Waals surface area contributed by atoms with Gasteiger partial charge in [-0.3, -0.25) is 0 Å². The van der Waals surface area contributed by atoms with Crippen LogP contribution < -0.4 is 0 Å². The van der Waals surface area contributed by atoms with Crippen molar-refractivity contribution in [2.75, 3.05) is 0 Å². The molecule has 0 aliphatic rings. The lowest BCUT2D eigenvalue weighted by atomic mass is 9.95. The van der Waals surface area contributed by atoms with E-state index in [1.54, 1.807) is 0 Å². The van der Waals surface area contributed by atoms with Crippen LogP contribution in [0.2, 0.25) is 0 Å². The molecule has 270 valence electrons. The third-order valence-electron chi connectivity index (χ3n) is 11.1. The topological polar surface area (TPSA) is 77.8 Å². The molecule has 0 radical (unpaired) electrons. The standard InChI is InChI=1S/C52H30N4O2/c1-3-13-31(14-4-1)33-17-11-18-34(29-33)50-54-51(56-52(55-50)40-22-12-21-37-36-19-7-9-23-43(36)58-49(37)40)35-25-27-42-41(30-35)46-39(48(53-42)32-15-5-2-6-16-32)26-28-45-47(46)38-20-8-10-24-44(38)57-45/h1-30H. The molecule has 12 rings (SSSR count). The Kier molecular flexibility index (Phi) is 7.13. The van der Waals surface area contributed by atoms with Crippen molar-refractivity contribution in [3.63, 3.8) is 0 Å². The molecule has 12 aromatic rings. The van der Waals surface area contributed by atoms with Gasteiger partial charge in [-0.1, -0.05) is 127 Å². The second kappa shape index (κ2) is 12.8. The zero-order valence-electron chi connectivity index (χ0n) is 30.9. The van der Waals surface area contributed by atoms with Gasteiger partial charge in [0, 0.05) is 54.4 Å². The van der Waals surface area contributed by atoms with Crippen molar-refractivity contribution in [1.82, 2.24) is 19.9 Å². The second-order valence-electron chi connectivity index (χ2n) is 14.6. The predicted molar refractivity (Wildman–Crippen MR) is 234 cm³/mol. The van der Waals surface area contributed by atoms with Crippen molar-refractivity contribution in [3.05, 3.63) is 182 Å². The molecule has 0 aliphatic carbocycles. The highest BCUT2D eigenvalue weighted by atomic mass is 16.3. The van der Waals surface area contributed by atoms with E-state index in [9.17, 15) is 0 Å². The third kappa shape index (κ3) is 5.12. The second-order valence-corrected chi connectivity index (χ2v) is 14.6. The molecule has 0 N–H and O–H groups in total. The molecule has 0 aliphatic heterocycles. The van der Waals surface area contributed by atoms with E-state index < -0.39 is 0 Å². The van der Waals surface area contributed by atoms with Crippen LogP contribution in [0.3, 0.4) is 0 Å². The monoisotopic (exact) mass is 742 g/mol. The number of benzene rings is 8. The number of nitrogens with zero attached hydrogens (tertiary/aromatic N) is 4. The molecule has 0 bridgehead atoms. The third-order valence-corrected chi connectivity index (χ3v) is 11.1. The number of hydrogen-bond acceptors (Lipinski definition) is 6. The highest BCUT2D eigenvalue weighted by molar-refractivity contribution is 6.28. The minimum atomic E-state index is 0.528. The van der Waals surface area contributed by atoms with Crippen LogP contribution in [-0.2, 0) is 0 Å².